The van der Waals surface area contributed by atoms with Crippen molar-refractivity contribution >= 4 is 27.8 Å². The van der Waals surface area contributed by atoms with Crippen LogP contribution in [0.15, 0.2) is 59.1 Å². The maximum atomic E-state index is 12.2. The second-order valence-electron chi connectivity index (χ2n) is 5.39. The van der Waals surface area contributed by atoms with E-state index in [0.29, 0.717) is 13.0 Å². The van der Waals surface area contributed by atoms with Crippen LogP contribution in [0.2, 0.25) is 0 Å². The zero-order valence-electron chi connectivity index (χ0n) is 13.5. The standard InChI is InChI=1S/C19H20BrNO3/c1-2-17(19(23)21-13-15-6-4-3-5-7-15)24-18(22)12-14-8-10-16(20)11-9-14/h3-11,17H,2,12-13H2,1H3,(H,21,23). The maximum absolute atomic E-state index is 12.2. The van der Waals surface area contributed by atoms with Crippen LogP contribution in [0.5, 0.6) is 0 Å². The Labute approximate surface area is 150 Å². The van der Waals surface area contributed by atoms with Crippen molar-refractivity contribution in [3.63, 3.8) is 0 Å². The minimum atomic E-state index is -0.767. The molecular weight excluding hydrogens is 370 g/mol. The van der Waals surface area contributed by atoms with E-state index in [1.165, 1.54) is 0 Å². The van der Waals surface area contributed by atoms with Crippen LogP contribution in [0.3, 0.4) is 0 Å². The summed E-state index contributed by atoms with van der Waals surface area (Å²) in [5.74, 6) is -0.676. The molecule has 1 atom stereocenters. The van der Waals surface area contributed by atoms with Crippen molar-refractivity contribution in [1.29, 1.82) is 0 Å². The first kappa shape index (κ1) is 18.2. The lowest BCUT2D eigenvalue weighted by Gasteiger charge is -2.16. The van der Waals surface area contributed by atoms with Crippen LogP contribution < -0.4 is 5.32 Å². The van der Waals surface area contributed by atoms with Gasteiger partial charge in [-0.2, -0.15) is 0 Å². The van der Waals surface area contributed by atoms with Gasteiger partial charge in [0.2, 0.25) is 0 Å². The van der Waals surface area contributed by atoms with Gasteiger partial charge in [-0.25, -0.2) is 0 Å². The lowest BCUT2D eigenvalue weighted by molar-refractivity contribution is -0.155. The number of halogens is 1. The van der Waals surface area contributed by atoms with Crippen LogP contribution in [0.1, 0.15) is 24.5 Å². The molecular formula is C19H20BrNO3. The third kappa shape index (κ3) is 5.81. The van der Waals surface area contributed by atoms with Gasteiger partial charge in [-0.3, -0.25) is 9.59 Å². The summed E-state index contributed by atoms with van der Waals surface area (Å²) in [5, 5.41) is 2.80. The van der Waals surface area contributed by atoms with Gasteiger partial charge >= 0.3 is 5.97 Å². The highest BCUT2D eigenvalue weighted by atomic mass is 79.9. The van der Waals surface area contributed by atoms with Gasteiger partial charge in [0.15, 0.2) is 6.10 Å². The smallest absolute Gasteiger partial charge is 0.311 e. The molecule has 4 nitrogen and oxygen atoms in total. The normalized spacial score (nSPS) is 11.6. The molecule has 0 aliphatic rings. The summed E-state index contributed by atoms with van der Waals surface area (Å²) in [4.78, 5) is 24.2. The fourth-order valence-corrected chi connectivity index (χ4v) is 2.45. The van der Waals surface area contributed by atoms with Crippen molar-refractivity contribution in [3.05, 3.63) is 70.2 Å². The molecule has 0 heterocycles. The molecule has 0 aromatic heterocycles. The van der Waals surface area contributed by atoms with E-state index in [1.807, 2.05) is 61.5 Å². The summed E-state index contributed by atoms with van der Waals surface area (Å²) in [6, 6.07) is 17.0. The van der Waals surface area contributed by atoms with Gasteiger partial charge in [0.05, 0.1) is 6.42 Å². The molecule has 0 aliphatic heterocycles. The number of benzene rings is 2. The van der Waals surface area contributed by atoms with Crippen molar-refractivity contribution in [2.45, 2.75) is 32.4 Å². The van der Waals surface area contributed by atoms with E-state index in [0.717, 1.165) is 15.6 Å². The first-order valence-corrected chi connectivity index (χ1v) is 8.63. The second kappa shape index (κ2) is 9.23. The summed E-state index contributed by atoms with van der Waals surface area (Å²) in [6.45, 7) is 2.24. The maximum Gasteiger partial charge on any atom is 0.311 e. The summed E-state index contributed by atoms with van der Waals surface area (Å²) < 4.78 is 6.27. The molecule has 0 aliphatic carbocycles. The van der Waals surface area contributed by atoms with Crippen LogP contribution in [0.4, 0.5) is 0 Å². The first-order chi connectivity index (χ1) is 11.6. The van der Waals surface area contributed by atoms with E-state index in [4.69, 9.17) is 4.74 Å². The van der Waals surface area contributed by atoms with E-state index in [9.17, 15) is 9.59 Å². The highest BCUT2D eigenvalue weighted by Gasteiger charge is 2.20. The molecule has 2 aromatic rings. The molecule has 0 saturated heterocycles. The Morgan fingerprint density at radius 1 is 1.04 bits per heavy atom. The molecule has 0 saturated carbocycles. The van der Waals surface area contributed by atoms with Crippen molar-refractivity contribution in [1.82, 2.24) is 5.32 Å². The Morgan fingerprint density at radius 2 is 1.71 bits per heavy atom. The predicted molar refractivity (Wildman–Crippen MR) is 96.3 cm³/mol. The quantitative estimate of drug-likeness (QED) is 0.735. The molecule has 5 heteroatoms. The Balaban J connectivity index is 1.84. The zero-order chi connectivity index (χ0) is 17.4. The topological polar surface area (TPSA) is 55.4 Å². The van der Waals surface area contributed by atoms with Crippen molar-refractivity contribution in [2.75, 3.05) is 0 Å². The second-order valence-corrected chi connectivity index (χ2v) is 6.31. The van der Waals surface area contributed by atoms with Crippen molar-refractivity contribution in [3.8, 4) is 0 Å². The summed E-state index contributed by atoms with van der Waals surface area (Å²) in [7, 11) is 0. The third-order valence-corrected chi connectivity index (χ3v) is 4.04. The summed E-state index contributed by atoms with van der Waals surface area (Å²) >= 11 is 3.35. The van der Waals surface area contributed by atoms with Crippen LogP contribution in [-0.4, -0.2) is 18.0 Å². The molecule has 0 fully saturated rings. The van der Waals surface area contributed by atoms with Crippen LogP contribution >= 0.6 is 15.9 Å². The number of ether oxygens (including phenoxy) is 1. The summed E-state index contributed by atoms with van der Waals surface area (Å²) in [6.07, 6.45) is -0.181. The molecule has 1 unspecified atom stereocenters. The molecule has 1 N–H and O–H groups in total. The van der Waals surface area contributed by atoms with Crippen LogP contribution in [-0.2, 0) is 27.3 Å². The van der Waals surface area contributed by atoms with Gasteiger partial charge in [-0.1, -0.05) is 65.3 Å². The SMILES string of the molecule is CCC(OC(=O)Cc1ccc(Br)cc1)C(=O)NCc1ccccc1. The van der Waals surface area contributed by atoms with E-state index in [-0.39, 0.29) is 12.3 Å². The summed E-state index contributed by atoms with van der Waals surface area (Å²) in [5.41, 5.74) is 1.85. The molecule has 0 radical (unpaired) electrons. The average Bonchev–Trinajstić information content (AvgIpc) is 2.60. The van der Waals surface area contributed by atoms with Gasteiger partial charge < -0.3 is 10.1 Å². The molecule has 0 bridgehead atoms. The number of hydrogen-bond donors (Lipinski definition) is 1. The fourth-order valence-electron chi connectivity index (χ4n) is 2.19. The highest BCUT2D eigenvalue weighted by Crippen LogP contribution is 2.12. The van der Waals surface area contributed by atoms with Gasteiger partial charge in [-0.15, -0.1) is 0 Å². The monoisotopic (exact) mass is 389 g/mol. The minimum absolute atomic E-state index is 0.149. The lowest BCUT2D eigenvalue weighted by Crippen LogP contribution is -2.37. The van der Waals surface area contributed by atoms with Crippen molar-refractivity contribution < 1.29 is 14.3 Å². The number of nitrogens with one attached hydrogen (secondary N) is 1. The number of hydrogen-bond acceptors (Lipinski definition) is 3. The Bertz CT molecular complexity index is 671. The predicted octanol–water partition coefficient (Wildman–Crippen LogP) is 3.63. The van der Waals surface area contributed by atoms with Gasteiger partial charge in [-0.05, 0) is 29.7 Å². The fraction of sp³-hybridized carbons (Fsp3) is 0.263. The first-order valence-electron chi connectivity index (χ1n) is 7.84. The van der Waals surface area contributed by atoms with E-state index in [2.05, 4.69) is 21.2 Å². The highest BCUT2D eigenvalue weighted by molar-refractivity contribution is 9.10. The number of esters is 1. The minimum Gasteiger partial charge on any atom is -0.452 e. The molecule has 24 heavy (non-hydrogen) atoms. The van der Waals surface area contributed by atoms with Gasteiger partial charge in [0.25, 0.3) is 5.91 Å². The molecule has 2 rings (SSSR count). The van der Waals surface area contributed by atoms with Crippen molar-refractivity contribution in [2.24, 2.45) is 0 Å². The van der Waals surface area contributed by atoms with Gasteiger partial charge in [0.1, 0.15) is 0 Å². The average molecular weight is 390 g/mol. The molecule has 1 amide bonds. The van der Waals surface area contributed by atoms with Gasteiger partial charge in [0, 0.05) is 11.0 Å². The number of rotatable bonds is 7. The van der Waals surface area contributed by atoms with E-state index in [1.54, 1.807) is 0 Å². The molecule has 2 aromatic carbocycles. The van der Waals surface area contributed by atoms with Crippen LogP contribution in [0.25, 0.3) is 0 Å². The third-order valence-electron chi connectivity index (χ3n) is 3.51. The Morgan fingerprint density at radius 3 is 2.33 bits per heavy atom. The van der Waals surface area contributed by atoms with E-state index < -0.39 is 12.1 Å². The van der Waals surface area contributed by atoms with Crippen LogP contribution in [0, 0.1) is 0 Å². The number of amides is 1. The zero-order valence-corrected chi connectivity index (χ0v) is 15.1. The molecule has 0 spiro atoms. The lowest BCUT2D eigenvalue weighted by atomic mass is 10.1. The Hall–Kier alpha value is -2.14. The number of carbonyl (C=O) groups is 2. The number of carbonyl (C=O) groups excluding carboxylic acids is 2. The Kier molecular flexibility index (Phi) is 7.00. The largest absolute Gasteiger partial charge is 0.452 e. The molecule has 126 valence electrons. The van der Waals surface area contributed by atoms with E-state index >= 15 is 0 Å².